The first kappa shape index (κ1) is 14.7. The highest BCUT2D eigenvalue weighted by Crippen LogP contribution is 2.19. The topological polar surface area (TPSA) is 73.2 Å². The first-order valence-corrected chi connectivity index (χ1v) is 6.14. The highest BCUT2D eigenvalue weighted by molar-refractivity contribution is 5.93. The van der Waals surface area contributed by atoms with Crippen LogP contribution in [0.4, 0.5) is 5.69 Å². The van der Waals surface area contributed by atoms with Gasteiger partial charge in [0, 0.05) is 26.4 Å². The number of para-hydroxylation sites is 1. The van der Waals surface area contributed by atoms with Crippen LogP contribution in [-0.4, -0.2) is 24.9 Å². The highest BCUT2D eigenvalue weighted by Gasteiger charge is 2.14. The molecule has 0 saturated carbocycles. The molecule has 5 nitrogen and oxygen atoms in total. The molecule has 0 aliphatic rings. The molecule has 1 aromatic rings. The Morgan fingerprint density at radius 3 is 2.63 bits per heavy atom. The molecular weight excluding hydrogens is 242 g/mol. The summed E-state index contributed by atoms with van der Waals surface area (Å²) >= 11 is 0. The third-order valence-corrected chi connectivity index (χ3v) is 2.67. The van der Waals surface area contributed by atoms with Gasteiger partial charge in [-0.15, -0.1) is 0 Å². The molecule has 2 amide bonds. The Hall–Kier alpha value is -2.35. The second-order valence-electron chi connectivity index (χ2n) is 4.00. The molecule has 0 aliphatic carbocycles. The molecular formula is C14H17N3O2. The van der Waals surface area contributed by atoms with Crippen molar-refractivity contribution in [3.05, 3.63) is 29.8 Å². The summed E-state index contributed by atoms with van der Waals surface area (Å²) in [4.78, 5) is 24.3. The van der Waals surface area contributed by atoms with E-state index in [0.717, 1.165) is 0 Å². The summed E-state index contributed by atoms with van der Waals surface area (Å²) < 4.78 is 0. The zero-order chi connectivity index (χ0) is 14.3. The van der Waals surface area contributed by atoms with Crippen molar-refractivity contribution in [2.75, 3.05) is 18.0 Å². The van der Waals surface area contributed by atoms with Gasteiger partial charge in [0.25, 0.3) is 0 Å². The average molecular weight is 259 g/mol. The van der Waals surface area contributed by atoms with Crippen molar-refractivity contribution in [1.82, 2.24) is 5.32 Å². The third-order valence-electron chi connectivity index (χ3n) is 2.67. The molecule has 1 aromatic carbocycles. The number of rotatable bonds is 5. The predicted octanol–water partition coefficient (Wildman–Crippen LogP) is 1.44. The molecule has 1 rings (SSSR count). The Morgan fingerprint density at radius 1 is 1.37 bits per heavy atom. The van der Waals surface area contributed by atoms with E-state index >= 15 is 0 Å². The fourth-order valence-electron chi connectivity index (χ4n) is 1.68. The summed E-state index contributed by atoms with van der Waals surface area (Å²) in [6.45, 7) is 3.92. The molecule has 0 radical (unpaired) electrons. The molecule has 0 atom stereocenters. The van der Waals surface area contributed by atoms with E-state index in [1.165, 1.54) is 11.8 Å². The first-order valence-electron chi connectivity index (χ1n) is 6.14. The summed E-state index contributed by atoms with van der Waals surface area (Å²) in [6, 6.07) is 8.97. The van der Waals surface area contributed by atoms with E-state index in [9.17, 15) is 9.59 Å². The van der Waals surface area contributed by atoms with Gasteiger partial charge in [-0.05, 0) is 12.1 Å². The van der Waals surface area contributed by atoms with Crippen molar-refractivity contribution >= 4 is 17.5 Å². The maximum absolute atomic E-state index is 11.7. The number of hydrogen-bond donors (Lipinski definition) is 1. The van der Waals surface area contributed by atoms with Gasteiger partial charge in [-0.1, -0.05) is 19.1 Å². The number of hydrogen-bond acceptors (Lipinski definition) is 3. The van der Waals surface area contributed by atoms with Crippen molar-refractivity contribution in [1.29, 1.82) is 5.26 Å². The van der Waals surface area contributed by atoms with Crippen LogP contribution in [-0.2, 0) is 9.59 Å². The van der Waals surface area contributed by atoms with Crippen LogP contribution in [0.25, 0.3) is 0 Å². The number of anilines is 1. The second kappa shape index (κ2) is 7.17. The normalized spacial score (nSPS) is 9.53. The van der Waals surface area contributed by atoms with Gasteiger partial charge >= 0.3 is 0 Å². The Labute approximate surface area is 112 Å². The van der Waals surface area contributed by atoms with E-state index in [1.54, 1.807) is 31.2 Å². The van der Waals surface area contributed by atoms with Crippen LogP contribution >= 0.6 is 0 Å². The van der Waals surface area contributed by atoms with Gasteiger partial charge in [-0.3, -0.25) is 9.59 Å². The van der Waals surface area contributed by atoms with Crippen LogP contribution in [0.3, 0.4) is 0 Å². The zero-order valence-corrected chi connectivity index (χ0v) is 11.1. The van der Waals surface area contributed by atoms with E-state index in [1.807, 2.05) is 0 Å². The van der Waals surface area contributed by atoms with Crippen LogP contribution in [0.15, 0.2) is 24.3 Å². The maximum atomic E-state index is 11.7. The number of nitriles is 1. The largest absolute Gasteiger partial charge is 0.354 e. The lowest BCUT2D eigenvalue weighted by molar-refractivity contribution is -0.121. The van der Waals surface area contributed by atoms with Crippen LogP contribution in [0.2, 0.25) is 0 Å². The molecule has 100 valence electrons. The Morgan fingerprint density at radius 2 is 2.05 bits per heavy atom. The minimum Gasteiger partial charge on any atom is -0.354 e. The summed E-state index contributed by atoms with van der Waals surface area (Å²) in [5, 5.41) is 11.8. The van der Waals surface area contributed by atoms with Gasteiger partial charge in [-0.25, -0.2) is 0 Å². The molecule has 0 aromatic heterocycles. The molecule has 0 heterocycles. The second-order valence-corrected chi connectivity index (χ2v) is 4.00. The summed E-state index contributed by atoms with van der Waals surface area (Å²) in [5.74, 6) is -0.217. The number of carbonyl (C=O) groups excluding carboxylic acids is 2. The van der Waals surface area contributed by atoms with E-state index in [0.29, 0.717) is 30.8 Å². The standard InChI is InChI=1S/C14H17N3O2/c1-3-14(19)16-8-9-17(11(2)18)13-7-5-4-6-12(13)10-15/h4-7H,3,8-9H2,1-2H3,(H,16,19). The van der Waals surface area contributed by atoms with Crippen molar-refractivity contribution in [2.24, 2.45) is 0 Å². The van der Waals surface area contributed by atoms with Gasteiger partial charge in [-0.2, -0.15) is 5.26 Å². The Kier molecular flexibility index (Phi) is 5.55. The lowest BCUT2D eigenvalue weighted by Crippen LogP contribution is -2.37. The Balaban J connectivity index is 2.81. The lowest BCUT2D eigenvalue weighted by atomic mass is 10.1. The number of amides is 2. The van der Waals surface area contributed by atoms with Crippen molar-refractivity contribution in [3.8, 4) is 6.07 Å². The molecule has 1 N–H and O–H groups in total. The average Bonchev–Trinajstić information content (AvgIpc) is 2.42. The monoisotopic (exact) mass is 259 g/mol. The molecule has 19 heavy (non-hydrogen) atoms. The molecule has 5 heteroatoms. The molecule has 0 saturated heterocycles. The minimum atomic E-state index is -0.159. The van der Waals surface area contributed by atoms with E-state index in [2.05, 4.69) is 11.4 Å². The summed E-state index contributed by atoms with van der Waals surface area (Å²) in [7, 11) is 0. The van der Waals surface area contributed by atoms with Crippen molar-refractivity contribution in [2.45, 2.75) is 20.3 Å². The van der Waals surface area contributed by atoms with Crippen LogP contribution in [0.1, 0.15) is 25.8 Å². The van der Waals surface area contributed by atoms with Gasteiger partial charge in [0.05, 0.1) is 11.3 Å². The van der Waals surface area contributed by atoms with Gasteiger partial charge in [0.2, 0.25) is 11.8 Å². The highest BCUT2D eigenvalue weighted by atomic mass is 16.2. The molecule has 0 bridgehead atoms. The number of carbonyl (C=O) groups is 2. The number of nitrogens with one attached hydrogen (secondary N) is 1. The molecule has 0 unspecified atom stereocenters. The summed E-state index contributed by atoms with van der Waals surface area (Å²) in [6.07, 6.45) is 0.412. The lowest BCUT2D eigenvalue weighted by Gasteiger charge is -2.22. The fourth-order valence-corrected chi connectivity index (χ4v) is 1.68. The number of benzene rings is 1. The Bertz CT molecular complexity index is 506. The maximum Gasteiger partial charge on any atom is 0.223 e. The molecule has 0 fully saturated rings. The van der Waals surface area contributed by atoms with Crippen LogP contribution in [0, 0.1) is 11.3 Å². The first-order chi connectivity index (χ1) is 9.10. The SMILES string of the molecule is CCC(=O)NCCN(C(C)=O)c1ccccc1C#N. The number of nitrogens with zero attached hydrogens (tertiary/aromatic N) is 2. The van der Waals surface area contributed by atoms with Crippen LogP contribution in [0.5, 0.6) is 0 Å². The van der Waals surface area contributed by atoms with E-state index in [4.69, 9.17) is 5.26 Å². The fraction of sp³-hybridized carbons (Fsp3) is 0.357. The minimum absolute atomic E-state index is 0.0583. The molecule has 0 aliphatic heterocycles. The smallest absolute Gasteiger partial charge is 0.223 e. The third kappa shape index (κ3) is 4.11. The zero-order valence-electron chi connectivity index (χ0n) is 11.1. The van der Waals surface area contributed by atoms with Gasteiger partial charge < -0.3 is 10.2 Å². The molecule has 0 spiro atoms. The van der Waals surface area contributed by atoms with Crippen molar-refractivity contribution < 1.29 is 9.59 Å². The predicted molar refractivity (Wildman–Crippen MR) is 72.5 cm³/mol. The summed E-state index contributed by atoms with van der Waals surface area (Å²) in [5.41, 5.74) is 1.02. The van der Waals surface area contributed by atoms with Crippen molar-refractivity contribution in [3.63, 3.8) is 0 Å². The van der Waals surface area contributed by atoms with E-state index in [-0.39, 0.29) is 11.8 Å². The van der Waals surface area contributed by atoms with E-state index < -0.39 is 0 Å². The van der Waals surface area contributed by atoms with Crippen LogP contribution < -0.4 is 10.2 Å². The van der Waals surface area contributed by atoms with Gasteiger partial charge in [0.15, 0.2) is 0 Å². The quantitative estimate of drug-likeness (QED) is 0.869. The van der Waals surface area contributed by atoms with Gasteiger partial charge in [0.1, 0.15) is 6.07 Å².